The molecule has 1 aromatic rings. The van der Waals surface area contributed by atoms with Crippen molar-refractivity contribution in [2.24, 2.45) is 0 Å². The largest absolute Gasteiger partial charge is 0.352 e. The Hall–Kier alpha value is -0.860. The van der Waals surface area contributed by atoms with Crippen LogP contribution >= 0.6 is 0 Å². The molecule has 0 fully saturated rings. The van der Waals surface area contributed by atoms with Gasteiger partial charge in [-0.15, -0.1) is 0 Å². The van der Waals surface area contributed by atoms with Crippen molar-refractivity contribution in [3.05, 3.63) is 43.0 Å². The summed E-state index contributed by atoms with van der Waals surface area (Å²) in [5, 5.41) is 0. The molecule has 0 aliphatic rings. The summed E-state index contributed by atoms with van der Waals surface area (Å²) in [6.07, 6.45) is -0.351. The van der Waals surface area contributed by atoms with E-state index >= 15 is 0 Å². The van der Waals surface area contributed by atoms with E-state index in [9.17, 15) is 0 Å². The van der Waals surface area contributed by atoms with Crippen molar-refractivity contribution in [3.8, 4) is 0 Å². The average Bonchev–Trinajstić information content (AvgIpc) is 2.09. The molecule has 0 aliphatic carbocycles. The second-order valence-electron chi connectivity index (χ2n) is 2.14. The first kappa shape index (κ1) is 8.24. The first-order valence-corrected chi connectivity index (χ1v) is 3.37. The highest BCUT2D eigenvalue weighted by atomic mass is 16.7. The Morgan fingerprint density at radius 1 is 1.27 bits per heavy atom. The van der Waals surface area contributed by atoms with Gasteiger partial charge in [0.15, 0.2) is 6.29 Å². The van der Waals surface area contributed by atoms with Crippen LogP contribution in [0, 0.1) is 7.11 Å². The molecule has 0 aliphatic heterocycles. The van der Waals surface area contributed by atoms with Gasteiger partial charge in [0.1, 0.15) is 0 Å². The zero-order chi connectivity index (χ0) is 8.10. The van der Waals surface area contributed by atoms with E-state index in [1.54, 1.807) is 7.11 Å². The van der Waals surface area contributed by atoms with E-state index in [-0.39, 0.29) is 6.29 Å². The summed E-state index contributed by atoms with van der Waals surface area (Å²) in [4.78, 5) is 0. The van der Waals surface area contributed by atoms with Crippen LogP contribution < -0.4 is 0 Å². The van der Waals surface area contributed by atoms with Gasteiger partial charge in [0.2, 0.25) is 0 Å². The first-order valence-electron chi connectivity index (χ1n) is 3.37. The van der Waals surface area contributed by atoms with E-state index < -0.39 is 0 Å². The molecule has 1 aromatic carbocycles. The topological polar surface area (TPSA) is 18.5 Å². The zero-order valence-corrected chi connectivity index (χ0v) is 6.49. The summed E-state index contributed by atoms with van der Waals surface area (Å²) < 4.78 is 9.81. The van der Waals surface area contributed by atoms with Gasteiger partial charge in [-0.25, -0.2) is 0 Å². The maximum atomic E-state index is 5.00. The second kappa shape index (κ2) is 4.11. The molecule has 1 unspecified atom stereocenters. The van der Waals surface area contributed by atoms with Crippen LogP contribution in [0.4, 0.5) is 0 Å². The van der Waals surface area contributed by atoms with Crippen LogP contribution in [0.25, 0.3) is 0 Å². The number of methoxy groups -OCH3 is 1. The summed E-state index contributed by atoms with van der Waals surface area (Å²) in [6, 6.07) is 9.67. The monoisotopic (exact) mass is 151 g/mol. The maximum Gasteiger partial charge on any atom is 0.183 e. The lowest BCUT2D eigenvalue weighted by atomic mass is 10.2. The molecule has 0 saturated heterocycles. The van der Waals surface area contributed by atoms with Crippen LogP contribution in [0.3, 0.4) is 0 Å². The van der Waals surface area contributed by atoms with Gasteiger partial charge < -0.3 is 9.47 Å². The molecule has 0 amide bonds. The number of rotatable bonds is 3. The molecule has 0 N–H and O–H groups in total. The average molecular weight is 151 g/mol. The lowest BCUT2D eigenvalue weighted by molar-refractivity contribution is -0.0890. The van der Waals surface area contributed by atoms with Gasteiger partial charge in [-0.3, -0.25) is 0 Å². The lowest BCUT2D eigenvalue weighted by Gasteiger charge is -2.12. The van der Waals surface area contributed by atoms with Gasteiger partial charge in [-0.05, 0) is 0 Å². The van der Waals surface area contributed by atoms with Crippen LogP contribution in [0.15, 0.2) is 30.3 Å². The number of hydrogen-bond acceptors (Lipinski definition) is 2. The normalized spacial score (nSPS) is 10.5. The van der Waals surface area contributed by atoms with Gasteiger partial charge in [-0.1, -0.05) is 30.3 Å². The van der Waals surface area contributed by atoms with Gasteiger partial charge in [-0.2, -0.15) is 0 Å². The molecule has 0 spiro atoms. The molecular formula is C9H11O2. The Morgan fingerprint density at radius 2 is 1.91 bits per heavy atom. The lowest BCUT2D eigenvalue weighted by Crippen LogP contribution is -2.01. The minimum absolute atomic E-state index is 0.351. The number of ether oxygens (including phenoxy) is 2. The standard InChI is InChI=1S/C9H11O2/c1-10-9(11-2)8-6-4-3-5-7-8/h3-7,9H,1H2,2H3. The fourth-order valence-electron chi connectivity index (χ4n) is 0.911. The van der Waals surface area contributed by atoms with Gasteiger partial charge in [0, 0.05) is 12.7 Å². The molecule has 59 valence electrons. The third kappa shape index (κ3) is 2.03. The number of benzene rings is 1. The highest BCUT2D eigenvalue weighted by molar-refractivity contribution is 5.15. The van der Waals surface area contributed by atoms with E-state index in [2.05, 4.69) is 7.11 Å². The summed E-state index contributed by atoms with van der Waals surface area (Å²) in [5.74, 6) is 0. The molecule has 0 saturated carbocycles. The molecule has 0 heterocycles. The van der Waals surface area contributed by atoms with Gasteiger partial charge >= 0.3 is 0 Å². The van der Waals surface area contributed by atoms with Crippen molar-refractivity contribution in [1.82, 2.24) is 0 Å². The van der Waals surface area contributed by atoms with E-state index in [0.29, 0.717) is 0 Å². The second-order valence-corrected chi connectivity index (χ2v) is 2.14. The smallest absolute Gasteiger partial charge is 0.183 e. The predicted octanol–water partition coefficient (Wildman–Crippen LogP) is 2.14. The Bertz CT molecular complexity index is 192. The summed E-state index contributed by atoms with van der Waals surface area (Å²) in [5.41, 5.74) is 0.977. The Kier molecular flexibility index (Phi) is 3.08. The summed E-state index contributed by atoms with van der Waals surface area (Å²) in [7, 11) is 4.89. The van der Waals surface area contributed by atoms with Crippen LogP contribution in [-0.2, 0) is 9.47 Å². The zero-order valence-electron chi connectivity index (χ0n) is 6.49. The van der Waals surface area contributed by atoms with Gasteiger partial charge in [0.05, 0.1) is 7.11 Å². The van der Waals surface area contributed by atoms with Crippen molar-refractivity contribution < 1.29 is 9.47 Å². The molecule has 0 aromatic heterocycles. The van der Waals surface area contributed by atoms with E-state index in [1.165, 1.54) is 0 Å². The quantitative estimate of drug-likeness (QED) is 0.616. The van der Waals surface area contributed by atoms with Crippen molar-refractivity contribution in [1.29, 1.82) is 0 Å². The van der Waals surface area contributed by atoms with Gasteiger partial charge in [0.25, 0.3) is 0 Å². The minimum Gasteiger partial charge on any atom is -0.352 e. The van der Waals surface area contributed by atoms with Crippen molar-refractivity contribution >= 4 is 0 Å². The molecule has 0 bridgehead atoms. The number of hydrogen-bond donors (Lipinski definition) is 0. The molecule has 2 heteroatoms. The maximum absolute atomic E-state index is 5.00. The fraction of sp³-hybridized carbons (Fsp3) is 0.222. The Balaban J connectivity index is 2.74. The molecule has 1 radical (unpaired) electrons. The highest BCUT2D eigenvalue weighted by Crippen LogP contribution is 2.15. The predicted molar refractivity (Wildman–Crippen MR) is 42.6 cm³/mol. The van der Waals surface area contributed by atoms with Crippen molar-refractivity contribution in [2.75, 3.05) is 7.11 Å². The van der Waals surface area contributed by atoms with E-state index in [0.717, 1.165) is 5.56 Å². The van der Waals surface area contributed by atoms with Crippen LogP contribution in [0.1, 0.15) is 11.9 Å². The van der Waals surface area contributed by atoms with Crippen LogP contribution in [-0.4, -0.2) is 7.11 Å². The summed E-state index contributed by atoms with van der Waals surface area (Å²) in [6.45, 7) is 0. The van der Waals surface area contributed by atoms with Crippen molar-refractivity contribution in [2.45, 2.75) is 6.29 Å². The molecular weight excluding hydrogens is 140 g/mol. The summed E-state index contributed by atoms with van der Waals surface area (Å²) >= 11 is 0. The first-order chi connectivity index (χ1) is 5.38. The third-order valence-electron chi connectivity index (χ3n) is 1.44. The Labute approximate surface area is 66.8 Å². The SMILES string of the molecule is [CH2]OC(OC)c1ccccc1. The van der Waals surface area contributed by atoms with E-state index in [4.69, 9.17) is 9.47 Å². The van der Waals surface area contributed by atoms with Crippen molar-refractivity contribution in [3.63, 3.8) is 0 Å². The molecule has 11 heavy (non-hydrogen) atoms. The fourth-order valence-corrected chi connectivity index (χ4v) is 0.911. The molecule has 1 rings (SSSR count). The van der Waals surface area contributed by atoms with Crippen LogP contribution in [0.5, 0.6) is 0 Å². The third-order valence-corrected chi connectivity index (χ3v) is 1.44. The highest BCUT2D eigenvalue weighted by Gasteiger charge is 2.05. The van der Waals surface area contributed by atoms with E-state index in [1.807, 2.05) is 30.3 Å². The van der Waals surface area contributed by atoms with Crippen LogP contribution in [0.2, 0.25) is 0 Å². The molecule has 2 nitrogen and oxygen atoms in total. The minimum atomic E-state index is -0.351. The Morgan fingerprint density at radius 3 is 2.36 bits per heavy atom. The molecule has 1 atom stereocenters.